The Morgan fingerprint density at radius 2 is 2.00 bits per heavy atom. The number of nitrogens with zero attached hydrogens (tertiary/aromatic N) is 2. The van der Waals surface area contributed by atoms with Gasteiger partial charge in [0.05, 0.1) is 19.0 Å². The molecule has 1 aliphatic rings. The number of rotatable bonds is 4. The summed E-state index contributed by atoms with van der Waals surface area (Å²) in [6.07, 6.45) is 2.42. The number of amides is 1. The molecule has 1 aliphatic carbocycles. The van der Waals surface area contributed by atoms with Crippen LogP contribution in [0.15, 0.2) is 42.6 Å². The molecule has 2 aromatic rings. The van der Waals surface area contributed by atoms with Crippen molar-refractivity contribution in [2.45, 2.75) is 12.3 Å². The summed E-state index contributed by atoms with van der Waals surface area (Å²) in [5.41, 5.74) is 1.75. The number of aromatic nitrogens is 1. The van der Waals surface area contributed by atoms with Crippen molar-refractivity contribution < 1.29 is 13.9 Å². The first-order chi connectivity index (χ1) is 10.6. The summed E-state index contributed by atoms with van der Waals surface area (Å²) in [4.78, 5) is 18.2. The molecule has 2 atom stereocenters. The molecule has 0 saturated heterocycles. The van der Waals surface area contributed by atoms with E-state index in [1.54, 1.807) is 49.5 Å². The molecule has 114 valence electrons. The van der Waals surface area contributed by atoms with E-state index in [4.69, 9.17) is 4.74 Å². The van der Waals surface area contributed by atoms with Gasteiger partial charge in [0.15, 0.2) is 0 Å². The van der Waals surface area contributed by atoms with Crippen molar-refractivity contribution in [1.29, 1.82) is 0 Å². The molecule has 2 unspecified atom stereocenters. The van der Waals surface area contributed by atoms with Crippen LogP contribution in [0.5, 0.6) is 5.88 Å². The largest absolute Gasteiger partial charge is 0.481 e. The van der Waals surface area contributed by atoms with Gasteiger partial charge in [-0.05, 0) is 36.1 Å². The molecule has 0 bridgehead atoms. The van der Waals surface area contributed by atoms with Crippen LogP contribution in [-0.4, -0.2) is 25.0 Å². The quantitative estimate of drug-likeness (QED) is 0.871. The van der Waals surface area contributed by atoms with E-state index in [0.29, 0.717) is 5.88 Å². The molecule has 1 heterocycles. The van der Waals surface area contributed by atoms with Crippen LogP contribution < -0.4 is 9.64 Å². The highest BCUT2D eigenvalue weighted by Crippen LogP contribution is 2.48. The van der Waals surface area contributed by atoms with E-state index in [-0.39, 0.29) is 23.6 Å². The topological polar surface area (TPSA) is 42.4 Å². The Balaban J connectivity index is 1.68. The Bertz CT molecular complexity index is 670. The number of anilines is 1. The lowest BCUT2D eigenvalue weighted by molar-refractivity contribution is -0.119. The molecule has 3 rings (SSSR count). The summed E-state index contributed by atoms with van der Waals surface area (Å²) in [6.45, 7) is 0. The number of methoxy groups -OCH3 is 1. The summed E-state index contributed by atoms with van der Waals surface area (Å²) >= 11 is 0. The average Bonchev–Trinajstić information content (AvgIpc) is 3.35. The fraction of sp³-hybridized carbons (Fsp3) is 0.294. The Kier molecular flexibility index (Phi) is 3.79. The lowest BCUT2D eigenvalue weighted by atomic mass is 10.1. The van der Waals surface area contributed by atoms with Crippen LogP contribution in [0, 0.1) is 11.7 Å². The molecule has 1 saturated carbocycles. The van der Waals surface area contributed by atoms with Gasteiger partial charge in [-0.3, -0.25) is 4.79 Å². The third-order valence-electron chi connectivity index (χ3n) is 4.05. The highest BCUT2D eigenvalue weighted by molar-refractivity contribution is 5.96. The molecule has 0 spiro atoms. The number of carbonyl (C=O) groups is 1. The smallest absolute Gasteiger partial charge is 0.230 e. The maximum Gasteiger partial charge on any atom is 0.230 e. The van der Waals surface area contributed by atoms with Gasteiger partial charge in [-0.15, -0.1) is 0 Å². The predicted molar refractivity (Wildman–Crippen MR) is 81.4 cm³/mol. The number of pyridine rings is 1. The molecular formula is C17H17FN2O2. The van der Waals surface area contributed by atoms with Crippen molar-refractivity contribution in [2.24, 2.45) is 5.92 Å². The predicted octanol–water partition coefficient (Wildman–Crippen LogP) is 3.00. The lowest BCUT2D eigenvalue weighted by Crippen LogP contribution is -2.28. The SMILES string of the molecule is COc1ccc(N(C)C(=O)C2CC2c2ccc(F)cc2)cn1. The molecule has 0 aliphatic heterocycles. The summed E-state index contributed by atoms with van der Waals surface area (Å²) < 4.78 is 18.0. The van der Waals surface area contributed by atoms with E-state index in [0.717, 1.165) is 17.7 Å². The highest BCUT2D eigenvalue weighted by Gasteiger charge is 2.45. The second-order valence-electron chi connectivity index (χ2n) is 5.46. The van der Waals surface area contributed by atoms with Gasteiger partial charge in [-0.25, -0.2) is 9.37 Å². The highest BCUT2D eigenvalue weighted by atomic mass is 19.1. The molecular weight excluding hydrogens is 283 g/mol. The monoisotopic (exact) mass is 300 g/mol. The van der Waals surface area contributed by atoms with Gasteiger partial charge < -0.3 is 9.64 Å². The van der Waals surface area contributed by atoms with Crippen LogP contribution in [-0.2, 0) is 4.79 Å². The molecule has 5 heteroatoms. The number of hydrogen-bond acceptors (Lipinski definition) is 3. The van der Waals surface area contributed by atoms with Crippen molar-refractivity contribution in [2.75, 3.05) is 19.1 Å². The minimum absolute atomic E-state index is 0.0439. The Hall–Kier alpha value is -2.43. The normalized spacial score (nSPS) is 19.6. The van der Waals surface area contributed by atoms with Crippen LogP contribution in [0.1, 0.15) is 17.9 Å². The number of ether oxygens (including phenoxy) is 1. The first-order valence-electron chi connectivity index (χ1n) is 7.13. The molecule has 1 aromatic heterocycles. The van der Waals surface area contributed by atoms with Gasteiger partial charge in [-0.2, -0.15) is 0 Å². The van der Waals surface area contributed by atoms with Gasteiger partial charge in [0.25, 0.3) is 0 Å². The molecule has 4 nitrogen and oxygen atoms in total. The zero-order chi connectivity index (χ0) is 15.7. The van der Waals surface area contributed by atoms with E-state index < -0.39 is 0 Å². The molecule has 1 fully saturated rings. The standard InChI is InChI=1S/C17H17FN2O2/c1-20(13-7-8-16(22-2)19-10-13)17(21)15-9-14(15)11-3-5-12(18)6-4-11/h3-8,10,14-15H,9H2,1-2H3. The third kappa shape index (κ3) is 2.79. The fourth-order valence-corrected chi connectivity index (χ4v) is 2.61. The van der Waals surface area contributed by atoms with Crippen molar-refractivity contribution in [3.8, 4) is 5.88 Å². The van der Waals surface area contributed by atoms with E-state index in [9.17, 15) is 9.18 Å². The van der Waals surface area contributed by atoms with E-state index in [1.807, 2.05) is 0 Å². The van der Waals surface area contributed by atoms with E-state index in [1.165, 1.54) is 12.1 Å². The minimum atomic E-state index is -0.256. The Labute approximate surface area is 128 Å². The van der Waals surface area contributed by atoms with Crippen LogP contribution in [0.25, 0.3) is 0 Å². The van der Waals surface area contributed by atoms with E-state index >= 15 is 0 Å². The van der Waals surface area contributed by atoms with Crippen molar-refractivity contribution >= 4 is 11.6 Å². The molecule has 22 heavy (non-hydrogen) atoms. The number of hydrogen-bond donors (Lipinski definition) is 0. The van der Waals surface area contributed by atoms with E-state index in [2.05, 4.69) is 4.98 Å². The first kappa shape index (κ1) is 14.5. The minimum Gasteiger partial charge on any atom is -0.481 e. The number of benzene rings is 1. The molecule has 1 aromatic carbocycles. The van der Waals surface area contributed by atoms with Crippen LogP contribution in [0.4, 0.5) is 10.1 Å². The number of halogens is 1. The zero-order valence-corrected chi connectivity index (χ0v) is 12.5. The fourth-order valence-electron chi connectivity index (χ4n) is 2.61. The Morgan fingerprint density at radius 1 is 1.27 bits per heavy atom. The zero-order valence-electron chi connectivity index (χ0n) is 12.5. The van der Waals surface area contributed by atoms with Gasteiger partial charge >= 0.3 is 0 Å². The lowest BCUT2D eigenvalue weighted by Gasteiger charge is -2.17. The van der Waals surface area contributed by atoms with Gasteiger partial charge in [-0.1, -0.05) is 12.1 Å². The Morgan fingerprint density at radius 3 is 2.59 bits per heavy atom. The van der Waals surface area contributed by atoms with Gasteiger partial charge in [0, 0.05) is 19.0 Å². The van der Waals surface area contributed by atoms with Crippen molar-refractivity contribution in [3.05, 3.63) is 54.0 Å². The van der Waals surface area contributed by atoms with Crippen molar-refractivity contribution in [1.82, 2.24) is 4.98 Å². The van der Waals surface area contributed by atoms with Crippen molar-refractivity contribution in [3.63, 3.8) is 0 Å². The van der Waals surface area contributed by atoms with Gasteiger partial charge in [0.1, 0.15) is 5.82 Å². The van der Waals surface area contributed by atoms with Crippen LogP contribution in [0.2, 0.25) is 0 Å². The summed E-state index contributed by atoms with van der Waals surface area (Å²) in [7, 11) is 3.29. The summed E-state index contributed by atoms with van der Waals surface area (Å²) in [6, 6.07) is 9.91. The van der Waals surface area contributed by atoms with Gasteiger partial charge in [0.2, 0.25) is 11.8 Å². The maximum atomic E-state index is 12.9. The maximum absolute atomic E-state index is 12.9. The third-order valence-corrected chi connectivity index (χ3v) is 4.05. The average molecular weight is 300 g/mol. The second kappa shape index (κ2) is 5.75. The van der Waals surface area contributed by atoms with Crippen LogP contribution in [0.3, 0.4) is 0 Å². The molecule has 0 N–H and O–H groups in total. The molecule has 0 radical (unpaired) electrons. The van der Waals surface area contributed by atoms with Crippen LogP contribution >= 0.6 is 0 Å². The molecule has 1 amide bonds. The number of carbonyl (C=O) groups excluding carboxylic acids is 1. The summed E-state index contributed by atoms with van der Waals surface area (Å²) in [5, 5.41) is 0. The second-order valence-corrected chi connectivity index (χ2v) is 5.46. The summed E-state index contributed by atoms with van der Waals surface area (Å²) in [5.74, 6) is 0.453. The first-order valence-corrected chi connectivity index (χ1v) is 7.13.